The van der Waals surface area contributed by atoms with E-state index >= 15 is 0 Å². The van der Waals surface area contributed by atoms with Crippen molar-refractivity contribution >= 4 is 27.3 Å². The average Bonchev–Trinajstić information content (AvgIpc) is 3.31. The van der Waals surface area contributed by atoms with Crippen LogP contribution in [0.2, 0.25) is 0 Å². The normalized spacial score (nSPS) is 15.1. The molecule has 3 aromatic rings. The van der Waals surface area contributed by atoms with Crippen LogP contribution in [0.1, 0.15) is 39.3 Å². The van der Waals surface area contributed by atoms with Crippen molar-refractivity contribution in [3.05, 3.63) is 81.5 Å². The zero-order chi connectivity index (χ0) is 22.9. The lowest BCUT2D eigenvalue weighted by molar-refractivity contribution is 0.0742. The largest absolute Gasteiger partial charge is 0.497 e. The van der Waals surface area contributed by atoms with Crippen LogP contribution in [0.3, 0.4) is 0 Å². The molecule has 1 aliphatic rings. The summed E-state index contributed by atoms with van der Waals surface area (Å²) in [5.41, 5.74) is 2.37. The number of fused-ring (bicyclic) bond motifs is 1. The first-order chi connectivity index (χ1) is 15.3. The standard InChI is InChI=1S/C24H26N2O4S2/c1-17(18-7-9-21(30-3)10-8-18)25(2)24(27)19-5-4-6-22(15-19)32(28,29)26-13-11-23-20(16-26)12-14-31-23/h4-10,12,14-15,17H,11,13,16H2,1-3H3. The molecule has 0 fully saturated rings. The number of thiophene rings is 1. The molecule has 1 aliphatic heterocycles. The first kappa shape index (κ1) is 22.5. The molecule has 2 heterocycles. The lowest BCUT2D eigenvalue weighted by Gasteiger charge is -2.27. The number of sulfonamides is 1. The molecule has 6 nitrogen and oxygen atoms in total. The summed E-state index contributed by atoms with van der Waals surface area (Å²) in [6.45, 7) is 2.75. The van der Waals surface area contributed by atoms with E-state index in [9.17, 15) is 13.2 Å². The number of carbonyl (C=O) groups is 1. The number of carbonyl (C=O) groups excluding carboxylic acids is 1. The summed E-state index contributed by atoms with van der Waals surface area (Å²) in [7, 11) is -0.358. The Morgan fingerprint density at radius 2 is 1.91 bits per heavy atom. The molecule has 0 aliphatic carbocycles. The molecule has 1 amide bonds. The predicted octanol–water partition coefficient (Wildman–Crippen LogP) is 4.34. The van der Waals surface area contributed by atoms with E-state index in [1.165, 1.54) is 15.2 Å². The Kier molecular flexibility index (Phi) is 6.37. The lowest BCUT2D eigenvalue weighted by atomic mass is 10.1. The maximum Gasteiger partial charge on any atom is 0.254 e. The lowest BCUT2D eigenvalue weighted by Crippen LogP contribution is -2.35. The van der Waals surface area contributed by atoms with Crippen LogP contribution in [0, 0.1) is 0 Å². The molecule has 0 saturated heterocycles. The van der Waals surface area contributed by atoms with Crippen molar-refractivity contribution in [3.8, 4) is 5.75 Å². The van der Waals surface area contributed by atoms with E-state index in [0.717, 1.165) is 16.9 Å². The van der Waals surface area contributed by atoms with Crippen molar-refractivity contribution < 1.29 is 17.9 Å². The quantitative estimate of drug-likeness (QED) is 0.538. The molecule has 168 valence electrons. The third-order valence-electron chi connectivity index (χ3n) is 5.99. The molecule has 0 radical (unpaired) electrons. The van der Waals surface area contributed by atoms with Gasteiger partial charge in [-0.25, -0.2) is 8.42 Å². The average molecular weight is 471 g/mol. The minimum Gasteiger partial charge on any atom is -0.497 e. The molecular weight excluding hydrogens is 444 g/mol. The number of rotatable bonds is 6. The molecule has 0 bridgehead atoms. The summed E-state index contributed by atoms with van der Waals surface area (Å²) in [5.74, 6) is 0.518. The summed E-state index contributed by atoms with van der Waals surface area (Å²) >= 11 is 1.67. The van der Waals surface area contributed by atoms with E-state index in [4.69, 9.17) is 4.74 Å². The molecule has 1 aromatic heterocycles. The van der Waals surface area contributed by atoms with Crippen LogP contribution in [0.25, 0.3) is 0 Å². The number of methoxy groups -OCH3 is 1. The topological polar surface area (TPSA) is 66.9 Å². The molecule has 0 spiro atoms. The van der Waals surface area contributed by atoms with Crippen molar-refractivity contribution in [1.29, 1.82) is 0 Å². The third-order valence-corrected chi connectivity index (χ3v) is 8.86. The molecule has 4 rings (SSSR count). The van der Waals surface area contributed by atoms with Crippen LogP contribution in [0.4, 0.5) is 0 Å². The molecule has 32 heavy (non-hydrogen) atoms. The Morgan fingerprint density at radius 1 is 1.16 bits per heavy atom. The highest BCUT2D eigenvalue weighted by Gasteiger charge is 2.30. The molecule has 0 saturated carbocycles. The van der Waals surface area contributed by atoms with Gasteiger partial charge in [0, 0.05) is 30.6 Å². The zero-order valence-electron chi connectivity index (χ0n) is 18.3. The van der Waals surface area contributed by atoms with E-state index in [1.54, 1.807) is 48.6 Å². The van der Waals surface area contributed by atoms with Gasteiger partial charge in [-0.1, -0.05) is 18.2 Å². The van der Waals surface area contributed by atoms with Crippen molar-refractivity contribution in [3.63, 3.8) is 0 Å². The number of hydrogen-bond donors (Lipinski definition) is 0. The Labute approximate surface area is 193 Å². The van der Waals surface area contributed by atoms with Crippen LogP contribution in [0.5, 0.6) is 5.75 Å². The van der Waals surface area contributed by atoms with Crippen LogP contribution >= 0.6 is 11.3 Å². The summed E-state index contributed by atoms with van der Waals surface area (Å²) in [5, 5.41) is 2.00. The number of hydrogen-bond acceptors (Lipinski definition) is 5. The highest BCUT2D eigenvalue weighted by Crippen LogP contribution is 2.29. The van der Waals surface area contributed by atoms with Crippen molar-refractivity contribution in [2.45, 2.75) is 30.8 Å². The smallest absolute Gasteiger partial charge is 0.254 e. The van der Waals surface area contributed by atoms with E-state index in [-0.39, 0.29) is 16.8 Å². The van der Waals surface area contributed by atoms with E-state index in [1.807, 2.05) is 42.6 Å². The van der Waals surface area contributed by atoms with E-state index in [2.05, 4.69) is 0 Å². The summed E-state index contributed by atoms with van der Waals surface area (Å²) < 4.78 is 33.2. The molecular formula is C24H26N2O4S2. The highest BCUT2D eigenvalue weighted by atomic mass is 32.2. The second-order valence-corrected chi connectivity index (χ2v) is 10.8. The molecule has 8 heteroatoms. The Balaban J connectivity index is 1.54. The van der Waals surface area contributed by atoms with E-state index in [0.29, 0.717) is 25.1 Å². The van der Waals surface area contributed by atoms with Gasteiger partial charge in [-0.15, -0.1) is 11.3 Å². The predicted molar refractivity (Wildman–Crippen MR) is 126 cm³/mol. The summed E-state index contributed by atoms with van der Waals surface area (Å²) in [6.07, 6.45) is 0.715. The second kappa shape index (κ2) is 9.05. The van der Waals surface area contributed by atoms with Gasteiger partial charge in [0.25, 0.3) is 5.91 Å². The minimum atomic E-state index is -3.69. The molecule has 2 aromatic carbocycles. The molecule has 0 N–H and O–H groups in total. The minimum absolute atomic E-state index is 0.146. The Morgan fingerprint density at radius 3 is 2.62 bits per heavy atom. The summed E-state index contributed by atoms with van der Waals surface area (Å²) in [4.78, 5) is 16.2. The van der Waals surface area contributed by atoms with Crippen molar-refractivity contribution in [1.82, 2.24) is 9.21 Å². The van der Waals surface area contributed by atoms with Gasteiger partial charge in [0.15, 0.2) is 0 Å². The second-order valence-electron chi connectivity index (χ2n) is 7.85. The van der Waals surface area contributed by atoms with Gasteiger partial charge in [-0.2, -0.15) is 4.31 Å². The number of benzene rings is 2. The van der Waals surface area contributed by atoms with Gasteiger partial charge < -0.3 is 9.64 Å². The zero-order valence-corrected chi connectivity index (χ0v) is 19.9. The summed E-state index contributed by atoms with van der Waals surface area (Å²) in [6, 6.07) is 15.7. The number of amides is 1. The molecule has 1 unspecified atom stereocenters. The van der Waals surface area contributed by atoms with Gasteiger partial charge in [-0.3, -0.25) is 4.79 Å². The van der Waals surface area contributed by atoms with Crippen molar-refractivity contribution in [2.24, 2.45) is 0 Å². The fourth-order valence-electron chi connectivity index (χ4n) is 3.85. The maximum atomic E-state index is 13.3. The van der Waals surface area contributed by atoms with Gasteiger partial charge in [0.1, 0.15) is 5.75 Å². The van der Waals surface area contributed by atoms with Gasteiger partial charge >= 0.3 is 0 Å². The first-order valence-corrected chi connectivity index (χ1v) is 12.7. The van der Waals surface area contributed by atoms with Gasteiger partial charge in [0.05, 0.1) is 18.0 Å². The van der Waals surface area contributed by atoms with Crippen LogP contribution in [-0.2, 0) is 23.0 Å². The fourth-order valence-corrected chi connectivity index (χ4v) is 6.21. The van der Waals surface area contributed by atoms with Crippen molar-refractivity contribution in [2.75, 3.05) is 20.7 Å². The number of nitrogens with zero attached hydrogens (tertiary/aromatic N) is 2. The highest BCUT2D eigenvalue weighted by molar-refractivity contribution is 7.89. The van der Waals surface area contributed by atoms with Crippen LogP contribution in [0.15, 0.2) is 64.9 Å². The number of ether oxygens (including phenoxy) is 1. The van der Waals surface area contributed by atoms with Crippen LogP contribution in [-0.4, -0.2) is 44.2 Å². The van der Waals surface area contributed by atoms with E-state index < -0.39 is 10.0 Å². The first-order valence-electron chi connectivity index (χ1n) is 10.4. The Hall–Kier alpha value is -2.68. The monoisotopic (exact) mass is 470 g/mol. The van der Waals surface area contributed by atoms with Gasteiger partial charge in [-0.05, 0) is 66.2 Å². The Bertz CT molecular complexity index is 1220. The fraction of sp³-hybridized carbons (Fsp3) is 0.292. The maximum absolute atomic E-state index is 13.3. The van der Waals surface area contributed by atoms with Crippen LogP contribution < -0.4 is 4.74 Å². The SMILES string of the molecule is COc1ccc(C(C)N(C)C(=O)c2cccc(S(=O)(=O)N3CCc4sccc4C3)c2)cc1. The van der Waals surface area contributed by atoms with Gasteiger partial charge in [0.2, 0.25) is 10.0 Å². The third kappa shape index (κ3) is 4.30. The molecule has 1 atom stereocenters.